The minimum Gasteiger partial charge on any atom is -0.507 e. The molecule has 0 saturated heterocycles. The van der Waals surface area contributed by atoms with Crippen molar-refractivity contribution in [3.05, 3.63) is 88.5 Å². The van der Waals surface area contributed by atoms with Crippen LogP contribution in [0.15, 0.2) is 60.7 Å². The zero-order valence-corrected chi connectivity index (χ0v) is 17.7. The van der Waals surface area contributed by atoms with Crippen LogP contribution in [-0.2, 0) is 13.2 Å². The van der Waals surface area contributed by atoms with Crippen molar-refractivity contribution in [1.29, 1.82) is 0 Å². The Balaban J connectivity index is 2.12. The number of nitrogens with zero attached hydrogens (tertiary/aromatic N) is 1. The molecule has 1 aromatic heterocycles. The van der Waals surface area contributed by atoms with Gasteiger partial charge in [0.25, 0.3) is 0 Å². The lowest BCUT2D eigenvalue weighted by molar-refractivity contribution is -0.137. The molecule has 0 saturated carbocycles. The van der Waals surface area contributed by atoms with Crippen LogP contribution in [0.3, 0.4) is 0 Å². The van der Waals surface area contributed by atoms with E-state index in [1.54, 1.807) is 19.2 Å². The predicted molar refractivity (Wildman–Crippen MR) is 119 cm³/mol. The molecule has 166 valence electrons. The molecule has 0 aliphatic rings. The number of aryl methyl sites for hydroxylation is 2. The average molecular weight is 449 g/mol. The lowest BCUT2D eigenvalue weighted by atomic mass is 9.99. The molecule has 0 fully saturated rings. The number of carboxylic acids is 1. The highest BCUT2D eigenvalue weighted by atomic mass is 19.4. The van der Waals surface area contributed by atoms with Crippen molar-refractivity contribution >= 4 is 16.9 Å². The van der Waals surface area contributed by atoms with Crippen molar-refractivity contribution in [3.8, 4) is 28.8 Å². The Morgan fingerprint density at radius 1 is 1.00 bits per heavy atom. The van der Waals surface area contributed by atoms with Crippen molar-refractivity contribution in [1.82, 2.24) is 4.57 Å². The van der Waals surface area contributed by atoms with Crippen LogP contribution in [0.2, 0.25) is 0 Å². The van der Waals surface area contributed by atoms with Crippen molar-refractivity contribution in [2.45, 2.75) is 13.1 Å². The third-order valence-corrected chi connectivity index (χ3v) is 5.50. The molecule has 0 amide bonds. The summed E-state index contributed by atoms with van der Waals surface area (Å²) in [5, 5.41) is 20.0. The Bertz CT molecular complexity index is 1470. The second kappa shape index (κ2) is 8.06. The summed E-state index contributed by atoms with van der Waals surface area (Å²) in [6, 6.07) is 15.0. The number of carboxylic acid groups (broad SMARTS) is 1. The van der Waals surface area contributed by atoms with E-state index in [-0.39, 0.29) is 22.4 Å². The number of phenols is 1. The van der Waals surface area contributed by atoms with Crippen LogP contribution in [0.4, 0.5) is 13.2 Å². The maximum absolute atomic E-state index is 13.8. The fourth-order valence-electron chi connectivity index (χ4n) is 3.86. The molecular weight excluding hydrogens is 431 g/mol. The molecule has 3 aromatic carbocycles. The number of aromatic nitrogens is 1. The van der Waals surface area contributed by atoms with E-state index in [9.17, 15) is 28.2 Å². The van der Waals surface area contributed by atoms with Crippen molar-refractivity contribution in [3.63, 3.8) is 0 Å². The van der Waals surface area contributed by atoms with Gasteiger partial charge < -0.3 is 14.8 Å². The number of alkyl halides is 3. The van der Waals surface area contributed by atoms with Gasteiger partial charge in [0.15, 0.2) is 0 Å². The number of aromatic carboxylic acids is 1. The summed E-state index contributed by atoms with van der Waals surface area (Å²) >= 11 is 0. The van der Waals surface area contributed by atoms with E-state index in [0.29, 0.717) is 16.5 Å². The smallest absolute Gasteiger partial charge is 0.417 e. The first-order chi connectivity index (χ1) is 15.6. The minimum atomic E-state index is -4.61. The molecule has 0 atom stereocenters. The van der Waals surface area contributed by atoms with E-state index < -0.39 is 23.5 Å². The van der Waals surface area contributed by atoms with Crippen LogP contribution in [0.5, 0.6) is 5.75 Å². The average Bonchev–Trinajstić information content (AvgIpc) is 3.02. The summed E-state index contributed by atoms with van der Waals surface area (Å²) in [4.78, 5) is 11.6. The highest BCUT2D eigenvalue weighted by Crippen LogP contribution is 2.41. The van der Waals surface area contributed by atoms with Crippen LogP contribution in [0, 0.1) is 18.8 Å². The van der Waals surface area contributed by atoms with Gasteiger partial charge in [0, 0.05) is 29.6 Å². The number of hydrogen-bond acceptors (Lipinski definition) is 2. The summed E-state index contributed by atoms with van der Waals surface area (Å²) in [6.45, 7) is 1.87. The van der Waals surface area contributed by atoms with Gasteiger partial charge in [0.1, 0.15) is 11.3 Å². The van der Waals surface area contributed by atoms with Gasteiger partial charge in [-0.2, -0.15) is 13.2 Å². The van der Waals surface area contributed by atoms with Crippen LogP contribution in [0.25, 0.3) is 22.2 Å². The molecule has 0 aliphatic heterocycles. The first-order valence-electron chi connectivity index (χ1n) is 9.92. The Morgan fingerprint density at radius 3 is 2.33 bits per heavy atom. The third kappa shape index (κ3) is 3.92. The largest absolute Gasteiger partial charge is 0.507 e. The number of fused-ring (bicyclic) bond motifs is 1. The van der Waals surface area contributed by atoms with E-state index in [1.807, 2.05) is 19.1 Å². The quantitative estimate of drug-likeness (QED) is 0.370. The number of carbonyl (C=O) groups is 1. The first-order valence-corrected chi connectivity index (χ1v) is 9.92. The third-order valence-electron chi connectivity index (χ3n) is 5.50. The number of benzene rings is 3. The Morgan fingerprint density at radius 2 is 1.67 bits per heavy atom. The molecule has 2 N–H and O–H groups in total. The summed E-state index contributed by atoms with van der Waals surface area (Å²) in [6.07, 6.45) is -4.61. The van der Waals surface area contributed by atoms with Crippen LogP contribution < -0.4 is 0 Å². The second-order valence-corrected chi connectivity index (χ2v) is 7.58. The van der Waals surface area contributed by atoms with E-state index in [2.05, 4.69) is 11.8 Å². The fourth-order valence-corrected chi connectivity index (χ4v) is 3.86. The summed E-state index contributed by atoms with van der Waals surface area (Å²) in [5.74, 6) is 4.16. The van der Waals surface area contributed by atoms with Crippen molar-refractivity contribution in [2.75, 3.05) is 0 Å². The zero-order chi connectivity index (χ0) is 23.9. The standard InChI is InChI=1S/C26H18F3NO3/c1-15-7-3-4-8-16(15)11-12-17-19-13-20(25(32)33)23(31)14-22(19)30(2)24(17)18-9-5-6-10-21(18)26(27,28)29/h3-10,13-14,31H,1-2H3,(H,32,33). The lowest BCUT2D eigenvalue weighted by Gasteiger charge is -2.14. The van der Waals surface area contributed by atoms with Crippen molar-refractivity contribution < 1.29 is 28.2 Å². The summed E-state index contributed by atoms with van der Waals surface area (Å²) in [7, 11) is 1.56. The highest BCUT2D eigenvalue weighted by molar-refractivity contribution is 6.02. The molecule has 0 unspecified atom stereocenters. The number of hydrogen-bond donors (Lipinski definition) is 2. The lowest BCUT2D eigenvalue weighted by Crippen LogP contribution is -2.08. The molecule has 0 aliphatic carbocycles. The van der Waals surface area contributed by atoms with Gasteiger partial charge in [-0.15, -0.1) is 0 Å². The highest BCUT2D eigenvalue weighted by Gasteiger charge is 2.35. The maximum atomic E-state index is 13.8. The minimum absolute atomic E-state index is 0.0888. The molecule has 4 rings (SSSR count). The second-order valence-electron chi connectivity index (χ2n) is 7.58. The predicted octanol–water partition coefficient (Wildman–Crippen LogP) is 5.98. The van der Waals surface area contributed by atoms with Gasteiger partial charge in [-0.3, -0.25) is 0 Å². The van der Waals surface area contributed by atoms with E-state index in [4.69, 9.17) is 0 Å². The normalized spacial score (nSPS) is 11.3. The van der Waals surface area contributed by atoms with Crippen LogP contribution in [0.1, 0.15) is 32.6 Å². The van der Waals surface area contributed by atoms with E-state index in [1.165, 1.54) is 34.9 Å². The summed E-state index contributed by atoms with van der Waals surface area (Å²) < 4.78 is 43.0. The van der Waals surface area contributed by atoms with Crippen LogP contribution >= 0.6 is 0 Å². The van der Waals surface area contributed by atoms with Crippen LogP contribution in [-0.4, -0.2) is 20.7 Å². The molecule has 7 heteroatoms. The Labute approximate surface area is 187 Å². The first kappa shape index (κ1) is 22.0. The monoisotopic (exact) mass is 449 g/mol. The van der Waals surface area contributed by atoms with E-state index in [0.717, 1.165) is 11.6 Å². The van der Waals surface area contributed by atoms with Gasteiger partial charge >= 0.3 is 12.1 Å². The molecule has 0 radical (unpaired) electrons. The maximum Gasteiger partial charge on any atom is 0.417 e. The SMILES string of the molecule is Cc1ccccc1C#Cc1c(-c2ccccc2C(F)(F)F)n(C)c2cc(O)c(C(=O)O)cc12. The number of rotatable bonds is 2. The topological polar surface area (TPSA) is 62.5 Å². The zero-order valence-electron chi connectivity index (χ0n) is 17.7. The molecule has 0 bridgehead atoms. The molecule has 0 spiro atoms. The molecule has 33 heavy (non-hydrogen) atoms. The van der Waals surface area contributed by atoms with Gasteiger partial charge in [0.05, 0.1) is 22.3 Å². The summed E-state index contributed by atoms with van der Waals surface area (Å²) in [5.41, 5.74) is 1.09. The van der Waals surface area contributed by atoms with Gasteiger partial charge in [-0.05, 0) is 30.7 Å². The molecular formula is C26H18F3NO3. The van der Waals surface area contributed by atoms with Gasteiger partial charge in [-0.25, -0.2) is 4.79 Å². The Kier molecular flexibility index (Phi) is 5.38. The molecule has 4 aromatic rings. The Hall–Kier alpha value is -4.18. The molecule has 1 heterocycles. The van der Waals surface area contributed by atoms with E-state index >= 15 is 0 Å². The number of aromatic hydroxyl groups is 1. The number of halogens is 3. The fraction of sp³-hybridized carbons (Fsp3) is 0.115. The molecule has 4 nitrogen and oxygen atoms in total. The van der Waals surface area contributed by atoms with Gasteiger partial charge in [0.2, 0.25) is 0 Å². The van der Waals surface area contributed by atoms with Crippen molar-refractivity contribution in [2.24, 2.45) is 7.05 Å². The van der Waals surface area contributed by atoms with Gasteiger partial charge in [-0.1, -0.05) is 48.2 Å².